The van der Waals surface area contributed by atoms with Gasteiger partial charge in [0.25, 0.3) is 5.91 Å². The molecule has 0 aliphatic carbocycles. The molecule has 8 heteroatoms. The van der Waals surface area contributed by atoms with Crippen molar-refractivity contribution in [1.29, 1.82) is 0 Å². The van der Waals surface area contributed by atoms with E-state index >= 15 is 0 Å². The Morgan fingerprint density at radius 2 is 1.97 bits per heavy atom. The van der Waals surface area contributed by atoms with E-state index in [-0.39, 0.29) is 11.9 Å². The maximum Gasteiger partial charge on any atom is 0.272 e. The standard InChI is InChI=1S/C21H22N6O2/c1-13(17-12-23-26(3)14(17)2)24-21(28)18-11-20-22-10-9-19(27(20)25-18)15-5-7-16(29-4)8-6-15/h5-13H,1-4H3,(H,24,28)/t13-/m1/s1. The third kappa shape index (κ3) is 3.44. The van der Waals surface area contributed by atoms with Crippen LogP contribution in [0.4, 0.5) is 0 Å². The molecule has 29 heavy (non-hydrogen) atoms. The van der Waals surface area contributed by atoms with Crippen LogP contribution in [0.5, 0.6) is 5.75 Å². The molecular weight excluding hydrogens is 368 g/mol. The van der Waals surface area contributed by atoms with E-state index in [2.05, 4.69) is 20.5 Å². The van der Waals surface area contributed by atoms with Crippen LogP contribution in [0.2, 0.25) is 0 Å². The van der Waals surface area contributed by atoms with Gasteiger partial charge in [-0.3, -0.25) is 9.48 Å². The van der Waals surface area contributed by atoms with E-state index in [1.54, 1.807) is 34.8 Å². The molecule has 0 fully saturated rings. The molecule has 1 amide bonds. The molecule has 3 heterocycles. The fourth-order valence-corrected chi connectivity index (χ4v) is 3.28. The second-order valence-corrected chi connectivity index (χ2v) is 6.86. The van der Waals surface area contributed by atoms with E-state index in [1.165, 1.54) is 0 Å². The highest BCUT2D eigenvalue weighted by Crippen LogP contribution is 2.23. The SMILES string of the molecule is COc1ccc(-c2ccnc3cc(C(=O)N[C@H](C)c4cnn(C)c4C)nn23)cc1. The molecule has 0 spiro atoms. The van der Waals surface area contributed by atoms with Gasteiger partial charge >= 0.3 is 0 Å². The van der Waals surface area contributed by atoms with E-state index in [4.69, 9.17) is 4.74 Å². The molecular formula is C21H22N6O2. The number of amides is 1. The minimum Gasteiger partial charge on any atom is -0.497 e. The van der Waals surface area contributed by atoms with Gasteiger partial charge in [-0.05, 0) is 44.2 Å². The van der Waals surface area contributed by atoms with Gasteiger partial charge in [-0.2, -0.15) is 10.2 Å². The minimum absolute atomic E-state index is 0.185. The Morgan fingerprint density at radius 3 is 2.62 bits per heavy atom. The number of hydrogen-bond acceptors (Lipinski definition) is 5. The number of ether oxygens (including phenoxy) is 1. The van der Waals surface area contributed by atoms with Crippen molar-refractivity contribution in [2.24, 2.45) is 7.05 Å². The van der Waals surface area contributed by atoms with Crippen molar-refractivity contribution in [2.75, 3.05) is 7.11 Å². The summed E-state index contributed by atoms with van der Waals surface area (Å²) in [5, 5.41) is 11.7. The Hall–Kier alpha value is -3.68. The van der Waals surface area contributed by atoms with Crippen LogP contribution in [0.3, 0.4) is 0 Å². The number of hydrogen-bond donors (Lipinski definition) is 1. The molecule has 148 valence electrons. The Balaban J connectivity index is 1.63. The van der Waals surface area contributed by atoms with E-state index in [1.807, 2.05) is 51.2 Å². The summed E-state index contributed by atoms with van der Waals surface area (Å²) in [6, 6.07) is 11.0. The number of benzene rings is 1. The third-order valence-electron chi connectivity index (χ3n) is 5.06. The molecule has 1 N–H and O–H groups in total. The average molecular weight is 390 g/mol. The van der Waals surface area contributed by atoms with Crippen LogP contribution in [0.25, 0.3) is 16.9 Å². The van der Waals surface area contributed by atoms with Gasteiger partial charge in [-0.1, -0.05) is 0 Å². The van der Waals surface area contributed by atoms with E-state index in [9.17, 15) is 4.79 Å². The first-order chi connectivity index (χ1) is 14.0. The quantitative estimate of drug-likeness (QED) is 0.566. The predicted octanol–water partition coefficient (Wildman–Crippen LogP) is 2.94. The van der Waals surface area contributed by atoms with Crippen LogP contribution >= 0.6 is 0 Å². The molecule has 0 aliphatic heterocycles. The van der Waals surface area contributed by atoms with Gasteiger partial charge in [0, 0.05) is 36.1 Å². The van der Waals surface area contributed by atoms with Gasteiger partial charge in [0.2, 0.25) is 0 Å². The maximum absolute atomic E-state index is 12.8. The number of nitrogens with zero attached hydrogens (tertiary/aromatic N) is 5. The Kier molecular flexibility index (Phi) is 4.75. The van der Waals surface area contributed by atoms with Gasteiger partial charge in [-0.25, -0.2) is 9.50 Å². The zero-order chi connectivity index (χ0) is 20.5. The lowest BCUT2D eigenvalue weighted by molar-refractivity contribution is 0.0934. The van der Waals surface area contributed by atoms with Crippen LogP contribution in [0, 0.1) is 6.92 Å². The number of carbonyl (C=O) groups is 1. The molecule has 4 aromatic rings. The number of aryl methyl sites for hydroxylation is 1. The first kappa shape index (κ1) is 18.7. The van der Waals surface area contributed by atoms with Crippen molar-refractivity contribution in [1.82, 2.24) is 29.7 Å². The zero-order valence-electron chi connectivity index (χ0n) is 16.7. The second-order valence-electron chi connectivity index (χ2n) is 6.86. The highest BCUT2D eigenvalue weighted by molar-refractivity contribution is 5.93. The molecule has 8 nitrogen and oxygen atoms in total. The fourth-order valence-electron chi connectivity index (χ4n) is 3.28. The van der Waals surface area contributed by atoms with Gasteiger partial charge in [-0.15, -0.1) is 0 Å². The highest BCUT2D eigenvalue weighted by Gasteiger charge is 2.19. The molecule has 0 unspecified atom stereocenters. The summed E-state index contributed by atoms with van der Waals surface area (Å²) in [6.45, 7) is 3.90. The van der Waals surface area contributed by atoms with Crippen LogP contribution in [-0.2, 0) is 7.05 Å². The lowest BCUT2D eigenvalue weighted by Crippen LogP contribution is -2.27. The van der Waals surface area contributed by atoms with Crippen LogP contribution < -0.4 is 10.1 Å². The Morgan fingerprint density at radius 1 is 1.21 bits per heavy atom. The number of aromatic nitrogens is 5. The zero-order valence-corrected chi connectivity index (χ0v) is 16.7. The summed E-state index contributed by atoms with van der Waals surface area (Å²) in [5.41, 5.74) is 4.69. The van der Waals surface area contributed by atoms with Crippen molar-refractivity contribution >= 4 is 11.6 Å². The number of rotatable bonds is 5. The van der Waals surface area contributed by atoms with Gasteiger partial charge in [0.15, 0.2) is 11.3 Å². The van der Waals surface area contributed by atoms with Crippen molar-refractivity contribution in [2.45, 2.75) is 19.9 Å². The van der Waals surface area contributed by atoms with Crippen LogP contribution in [0.15, 0.2) is 48.8 Å². The summed E-state index contributed by atoms with van der Waals surface area (Å²) >= 11 is 0. The lowest BCUT2D eigenvalue weighted by Gasteiger charge is -2.12. The number of methoxy groups -OCH3 is 1. The van der Waals surface area contributed by atoms with E-state index in [0.717, 1.165) is 28.3 Å². The van der Waals surface area contributed by atoms with E-state index < -0.39 is 0 Å². The monoisotopic (exact) mass is 390 g/mol. The van der Waals surface area contributed by atoms with Gasteiger partial charge in [0.05, 0.1) is 25.0 Å². The molecule has 4 rings (SSSR count). The average Bonchev–Trinajstić information content (AvgIpc) is 3.31. The highest BCUT2D eigenvalue weighted by atomic mass is 16.5. The Labute approximate surface area is 168 Å². The molecule has 0 radical (unpaired) electrons. The molecule has 0 bridgehead atoms. The van der Waals surface area contributed by atoms with Crippen molar-refractivity contribution in [3.05, 3.63) is 65.7 Å². The number of nitrogens with one attached hydrogen (secondary N) is 1. The third-order valence-corrected chi connectivity index (χ3v) is 5.06. The van der Waals surface area contributed by atoms with Crippen LogP contribution in [0.1, 0.15) is 34.7 Å². The lowest BCUT2D eigenvalue weighted by atomic mass is 10.1. The van der Waals surface area contributed by atoms with Gasteiger partial charge in [0.1, 0.15) is 5.75 Å². The molecule has 0 saturated carbocycles. The fraction of sp³-hybridized carbons (Fsp3) is 0.238. The van der Waals surface area contributed by atoms with Crippen molar-refractivity contribution < 1.29 is 9.53 Å². The van der Waals surface area contributed by atoms with Crippen LogP contribution in [-0.4, -0.2) is 37.4 Å². The largest absolute Gasteiger partial charge is 0.497 e. The maximum atomic E-state index is 12.8. The minimum atomic E-state index is -0.257. The normalized spacial score (nSPS) is 12.1. The first-order valence-corrected chi connectivity index (χ1v) is 9.26. The second kappa shape index (κ2) is 7.38. The number of fused-ring (bicyclic) bond motifs is 1. The summed E-state index contributed by atoms with van der Waals surface area (Å²) in [4.78, 5) is 17.1. The molecule has 0 saturated heterocycles. The van der Waals surface area contributed by atoms with Crippen molar-refractivity contribution in [3.8, 4) is 17.0 Å². The summed E-state index contributed by atoms with van der Waals surface area (Å²) < 4.78 is 8.68. The summed E-state index contributed by atoms with van der Waals surface area (Å²) in [7, 11) is 3.51. The molecule has 0 aliphatic rings. The molecule has 1 aromatic carbocycles. The van der Waals surface area contributed by atoms with Crippen molar-refractivity contribution in [3.63, 3.8) is 0 Å². The molecule has 1 atom stereocenters. The summed E-state index contributed by atoms with van der Waals surface area (Å²) in [6.07, 6.45) is 3.48. The smallest absolute Gasteiger partial charge is 0.272 e. The van der Waals surface area contributed by atoms with E-state index in [0.29, 0.717) is 11.3 Å². The van der Waals surface area contributed by atoms with Gasteiger partial charge < -0.3 is 10.1 Å². The predicted molar refractivity (Wildman–Crippen MR) is 109 cm³/mol. The first-order valence-electron chi connectivity index (χ1n) is 9.26. The molecule has 3 aromatic heterocycles. The number of carbonyl (C=O) groups excluding carboxylic acids is 1. The topological polar surface area (TPSA) is 86.3 Å². The summed E-state index contributed by atoms with van der Waals surface area (Å²) in [5.74, 6) is 0.520. The Bertz CT molecular complexity index is 1180.